The molecule has 2 aliphatic heterocycles. The molecule has 0 radical (unpaired) electrons. The molecule has 0 spiro atoms. The van der Waals surface area contributed by atoms with E-state index in [4.69, 9.17) is 18.9 Å². The quantitative estimate of drug-likeness (QED) is 0.413. The van der Waals surface area contributed by atoms with Crippen molar-refractivity contribution >= 4 is 29.6 Å². The fraction of sp³-hybridized carbons (Fsp3) is 0.400. The van der Waals surface area contributed by atoms with E-state index < -0.39 is 35.3 Å². The zero-order valence-corrected chi connectivity index (χ0v) is 16.7. The van der Waals surface area contributed by atoms with E-state index in [9.17, 15) is 19.2 Å². The van der Waals surface area contributed by atoms with Crippen LogP contribution in [0.4, 0.5) is 5.69 Å². The second kappa shape index (κ2) is 7.23. The lowest BCUT2D eigenvalue weighted by atomic mass is 9.71. The van der Waals surface area contributed by atoms with Gasteiger partial charge in [-0.1, -0.05) is 17.7 Å². The van der Waals surface area contributed by atoms with Crippen LogP contribution in [-0.4, -0.2) is 57.9 Å². The molecular formula is C20H21NO8. The number of esters is 4. The Morgan fingerprint density at radius 2 is 1.59 bits per heavy atom. The summed E-state index contributed by atoms with van der Waals surface area (Å²) < 4.78 is 19.6. The van der Waals surface area contributed by atoms with Crippen LogP contribution in [0.5, 0.6) is 0 Å². The topological polar surface area (TPSA) is 108 Å². The number of carbonyl (C=O) groups excluding carboxylic acids is 4. The lowest BCUT2D eigenvalue weighted by Gasteiger charge is -2.54. The van der Waals surface area contributed by atoms with Crippen LogP contribution >= 0.6 is 0 Å². The monoisotopic (exact) mass is 403 g/mol. The molecule has 1 fully saturated rings. The third-order valence-corrected chi connectivity index (χ3v) is 5.30. The van der Waals surface area contributed by atoms with Gasteiger partial charge in [-0.05, 0) is 18.6 Å². The Bertz CT molecular complexity index is 932. The lowest BCUT2D eigenvalue weighted by Crippen LogP contribution is -2.70. The van der Waals surface area contributed by atoms with E-state index in [0.717, 1.165) is 19.8 Å². The Hall–Kier alpha value is -3.36. The van der Waals surface area contributed by atoms with E-state index in [1.807, 2.05) is 6.92 Å². The average molecular weight is 403 g/mol. The molecule has 1 saturated heterocycles. The molecule has 1 aromatic carbocycles. The number of fused-ring (bicyclic) bond motifs is 3. The van der Waals surface area contributed by atoms with Crippen molar-refractivity contribution in [3.05, 3.63) is 40.6 Å². The molecular weight excluding hydrogens is 382 g/mol. The number of aryl methyl sites for hydroxylation is 1. The summed E-state index contributed by atoms with van der Waals surface area (Å²) in [6.45, 7) is 1.82. The highest BCUT2D eigenvalue weighted by atomic mass is 16.6. The maximum Gasteiger partial charge on any atom is 0.344 e. The molecule has 0 N–H and O–H groups in total. The third kappa shape index (κ3) is 2.68. The largest absolute Gasteiger partial charge is 0.468 e. The SMILES string of the molecule is COC(=O)C1=C2CC(C(=O)OC)(C(=O)OC)N2c2ccc(C)cc2C1C(=O)OC. The highest BCUT2D eigenvalue weighted by Gasteiger charge is 2.66. The highest BCUT2D eigenvalue weighted by molar-refractivity contribution is 6.15. The van der Waals surface area contributed by atoms with Crippen molar-refractivity contribution in [3.63, 3.8) is 0 Å². The average Bonchev–Trinajstić information content (AvgIpc) is 2.71. The number of nitrogens with zero attached hydrogens (tertiary/aromatic N) is 1. The van der Waals surface area contributed by atoms with Gasteiger partial charge in [0.15, 0.2) is 0 Å². The number of benzene rings is 1. The summed E-state index contributed by atoms with van der Waals surface area (Å²) in [7, 11) is 4.73. The normalized spacial score (nSPS) is 18.7. The van der Waals surface area contributed by atoms with Gasteiger partial charge in [0.25, 0.3) is 0 Å². The molecule has 1 aromatic rings. The summed E-state index contributed by atoms with van der Waals surface area (Å²) in [5.74, 6) is -4.13. The molecule has 0 bridgehead atoms. The minimum atomic E-state index is -1.80. The Kier molecular flexibility index (Phi) is 5.08. The van der Waals surface area contributed by atoms with Crippen molar-refractivity contribution in [2.45, 2.75) is 24.8 Å². The maximum atomic E-state index is 12.7. The molecule has 29 heavy (non-hydrogen) atoms. The van der Waals surface area contributed by atoms with E-state index in [1.54, 1.807) is 18.2 Å². The number of anilines is 1. The van der Waals surface area contributed by atoms with Gasteiger partial charge in [-0.2, -0.15) is 0 Å². The number of hydrogen-bond donors (Lipinski definition) is 0. The highest BCUT2D eigenvalue weighted by Crippen LogP contribution is 2.55. The minimum absolute atomic E-state index is 0.0147. The van der Waals surface area contributed by atoms with Gasteiger partial charge in [0.1, 0.15) is 5.92 Å². The molecule has 0 amide bonds. The van der Waals surface area contributed by atoms with Gasteiger partial charge in [0, 0.05) is 17.8 Å². The second-order valence-corrected chi connectivity index (χ2v) is 6.73. The standard InChI is InChI=1S/C20H21NO8/c1-10-6-7-12-11(8-10)14(16(22)26-2)15(17(23)27-3)13-9-20(21(12)13,18(24)28-4)19(25)29-5/h6-8,14H,9H2,1-5H3. The Labute approximate surface area is 167 Å². The van der Waals surface area contributed by atoms with Gasteiger partial charge < -0.3 is 23.8 Å². The molecule has 2 heterocycles. The summed E-state index contributed by atoms with van der Waals surface area (Å²) in [4.78, 5) is 52.0. The van der Waals surface area contributed by atoms with Crippen LogP contribution in [-0.2, 0) is 38.1 Å². The van der Waals surface area contributed by atoms with Crippen LogP contribution in [0.1, 0.15) is 23.5 Å². The first-order valence-electron chi connectivity index (χ1n) is 8.75. The zero-order valence-electron chi connectivity index (χ0n) is 16.7. The zero-order chi connectivity index (χ0) is 21.5. The van der Waals surface area contributed by atoms with E-state index >= 15 is 0 Å². The smallest absolute Gasteiger partial charge is 0.344 e. The predicted molar refractivity (Wildman–Crippen MR) is 98.8 cm³/mol. The van der Waals surface area contributed by atoms with Crippen molar-refractivity contribution in [2.75, 3.05) is 33.3 Å². The molecule has 0 aliphatic carbocycles. The first-order chi connectivity index (χ1) is 13.8. The molecule has 0 saturated carbocycles. The van der Waals surface area contributed by atoms with E-state index in [0.29, 0.717) is 16.9 Å². The summed E-state index contributed by atoms with van der Waals surface area (Å²) in [5.41, 5.74) is 0.157. The summed E-state index contributed by atoms with van der Waals surface area (Å²) in [6.07, 6.45) is -0.183. The lowest BCUT2D eigenvalue weighted by molar-refractivity contribution is -0.163. The van der Waals surface area contributed by atoms with Gasteiger partial charge in [0.05, 0.1) is 34.0 Å². The first kappa shape index (κ1) is 20.4. The molecule has 9 heteroatoms. The van der Waals surface area contributed by atoms with Gasteiger partial charge in [-0.3, -0.25) is 4.79 Å². The number of ether oxygens (including phenoxy) is 4. The summed E-state index contributed by atoms with van der Waals surface area (Å²) in [5, 5.41) is 0. The Morgan fingerprint density at radius 1 is 0.966 bits per heavy atom. The predicted octanol–water partition coefficient (Wildman–Crippen LogP) is 0.987. The van der Waals surface area contributed by atoms with E-state index in [1.165, 1.54) is 19.1 Å². The molecule has 1 unspecified atom stereocenters. The van der Waals surface area contributed by atoms with Crippen LogP contribution in [0.3, 0.4) is 0 Å². The van der Waals surface area contributed by atoms with Gasteiger partial charge in [-0.25, -0.2) is 14.4 Å². The fourth-order valence-corrected chi connectivity index (χ4v) is 3.99. The number of carbonyl (C=O) groups is 4. The minimum Gasteiger partial charge on any atom is -0.468 e. The van der Waals surface area contributed by atoms with Crippen LogP contribution in [0.15, 0.2) is 29.5 Å². The number of hydrogen-bond acceptors (Lipinski definition) is 9. The van der Waals surface area contributed by atoms with Crippen LogP contribution in [0.2, 0.25) is 0 Å². The number of methoxy groups -OCH3 is 4. The van der Waals surface area contributed by atoms with Crippen molar-refractivity contribution in [1.82, 2.24) is 0 Å². The Balaban J connectivity index is 2.35. The summed E-state index contributed by atoms with van der Waals surface area (Å²) in [6, 6.07) is 5.15. The van der Waals surface area contributed by atoms with Gasteiger partial charge in [0.2, 0.25) is 5.54 Å². The van der Waals surface area contributed by atoms with Crippen molar-refractivity contribution in [2.24, 2.45) is 0 Å². The molecule has 9 nitrogen and oxygen atoms in total. The molecule has 154 valence electrons. The van der Waals surface area contributed by atoms with Crippen molar-refractivity contribution < 1.29 is 38.1 Å². The van der Waals surface area contributed by atoms with Crippen LogP contribution in [0, 0.1) is 6.92 Å². The molecule has 3 rings (SSSR count). The van der Waals surface area contributed by atoms with E-state index in [-0.39, 0.29) is 12.0 Å². The molecule has 0 aromatic heterocycles. The van der Waals surface area contributed by atoms with Gasteiger partial charge >= 0.3 is 23.9 Å². The molecule has 2 aliphatic rings. The first-order valence-corrected chi connectivity index (χ1v) is 8.75. The summed E-state index contributed by atoms with van der Waals surface area (Å²) >= 11 is 0. The van der Waals surface area contributed by atoms with Crippen molar-refractivity contribution in [1.29, 1.82) is 0 Å². The van der Waals surface area contributed by atoms with Crippen LogP contribution in [0.25, 0.3) is 0 Å². The second-order valence-electron chi connectivity index (χ2n) is 6.73. The maximum absolute atomic E-state index is 12.7. The van der Waals surface area contributed by atoms with Crippen LogP contribution < -0.4 is 4.90 Å². The Morgan fingerprint density at radius 3 is 2.10 bits per heavy atom. The van der Waals surface area contributed by atoms with Gasteiger partial charge in [-0.15, -0.1) is 0 Å². The third-order valence-electron chi connectivity index (χ3n) is 5.30. The molecule has 1 atom stereocenters. The van der Waals surface area contributed by atoms with E-state index in [2.05, 4.69) is 0 Å². The van der Waals surface area contributed by atoms with Crippen molar-refractivity contribution in [3.8, 4) is 0 Å². The fourth-order valence-electron chi connectivity index (χ4n) is 3.99. The number of rotatable bonds is 4.